The van der Waals surface area contributed by atoms with E-state index >= 15 is 0 Å². The van der Waals surface area contributed by atoms with Gasteiger partial charge in [-0.25, -0.2) is 17.9 Å². The molecule has 2 rings (SSSR count). The van der Waals surface area contributed by atoms with E-state index in [0.29, 0.717) is 24.1 Å². The third kappa shape index (κ3) is 6.61. The molecule has 2 aromatic carbocycles. The van der Waals surface area contributed by atoms with Gasteiger partial charge in [0.1, 0.15) is 0 Å². The molecule has 134 valence electrons. The van der Waals surface area contributed by atoms with E-state index in [0.717, 1.165) is 16.5 Å². The molecule has 25 heavy (non-hydrogen) atoms. The number of carbonyl (C=O) groups is 1. The summed E-state index contributed by atoms with van der Waals surface area (Å²) in [6.07, 6.45) is 1.50. The number of hydrogen-bond donors (Lipinski definition) is 1. The monoisotopic (exact) mass is 425 g/mol. The Labute approximate surface area is 156 Å². The zero-order valence-corrected chi connectivity index (χ0v) is 16.3. The summed E-state index contributed by atoms with van der Waals surface area (Å²) in [5.74, 6) is -0.657. The Morgan fingerprint density at radius 3 is 2.56 bits per heavy atom. The number of aryl methyl sites for hydroxylation is 1. The molecule has 5 nitrogen and oxygen atoms in total. The van der Waals surface area contributed by atoms with Crippen LogP contribution in [-0.4, -0.2) is 28.0 Å². The predicted molar refractivity (Wildman–Crippen MR) is 101 cm³/mol. The van der Waals surface area contributed by atoms with Crippen LogP contribution in [-0.2, 0) is 26.9 Å². The van der Waals surface area contributed by atoms with Gasteiger partial charge in [-0.1, -0.05) is 40.2 Å². The van der Waals surface area contributed by atoms with E-state index in [1.54, 1.807) is 18.2 Å². The molecule has 7 heteroatoms. The first-order chi connectivity index (χ1) is 11.9. The molecule has 0 saturated carbocycles. The van der Waals surface area contributed by atoms with Gasteiger partial charge >= 0.3 is 5.97 Å². The lowest BCUT2D eigenvalue weighted by molar-refractivity contribution is 0.0600. The molecule has 0 fully saturated rings. The second kappa shape index (κ2) is 9.12. The summed E-state index contributed by atoms with van der Waals surface area (Å²) in [6.45, 7) is 0.367. The number of ether oxygens (including phenoxy) is 1. The number of sulfonamides is 1. The minimum atomic E-state index is -3.46. The molecule has 0 aliphatic heterocycles. The van der Waals surface area contributed by atoms with Gasteiger partial charge in [-0.3, -0.25) is 0 Å². The van der Waals surface area contributed by atoms with E-state index in [2.05, 4.69) is 25.4 Å². The van der Waals surface area contributed by atoms with Crippen LogP contribution in [0.4, 0.5) is 0 Å². The average Bonchev–Trinajstić information content (AvgIpc) is 2.58. The molecule has 1 N–H and O–H groups in total. The van der Waals surface area contributed by atoms with Gasteiger partial charge in [-0.05, 0) is 48.2 Å². The van der Waals surface area contributed by atoms with Crippen molar-refractivity contribution in [2.24, 2.45) is 0 Å². The highest BCUT2D eigenvalue weighted by Gasteiger charge is 2.13. The SMILES string of the molecule is COC(=O)c1cccc(CS(=O)(=O)NCCCc2cccc(Br)c2)c1. The Balaban J connectivity index is 1.86. The highest BCUT2D eigenvalue weighted by molar-refractivity contribution is 9.10. The summed E-state index contributed by atoms with van der Waals surface area (Å²) in [6, 6.07) is 14.4. The quantitative estimate of drug-likeness (QED) is 0.520. The van der Waals surface area contributed by atoms with E-state index in [4.69, 9.17) is 0 Å². The van der Waals surface area contributed by atoms with E-state index in [-0.39, 0.29) is 5.75 Å². The first kappa shape index (κ1) is 19.6. The van der Waals surface area contributed by atoms with Gasteiger partial charge < -0.3 is 4.74 Å². The minimum absolute atomic E-state index is 0.172. The van der Waals surface area contributed by atoms with Gasteiger partial charge in [-0.15, -0.1) is 0 Å². The van der Waals surface area contributed by atoms with Crippen LogP contribution in [0.2, 0.25) is 0 Å². The molecule has 2 aromatic rings. The first-order valence-electron chi connectivity index (χ1n) is 7.79. The summed E-state index contributed by atoms with van der Waals surface area (Å²) in [5.41, 5.74) is 2.03. The van der Waals surface area contributed by atoms with Crippen molar-refractivity contribution in [1.82, 2.24) is 4.72 Å². The molecule has 0 spiro atoms. The van der Waals surface area contributed by atoms with Crippen molar-refractivity contribution in [2.75, 3.05) is 13.7 Å². The zero-order chi connectivity index (χ0) is 18.3. The van der Waals surface area contributed by atoms with Crippen molar-refractivity contribution in [3.05, 3.63) is 69.7 Å². The van der Waals surface area contributed by atoms with Gasteiger partial charge in [0.05, 0.1) is 18.4 Å². The van der Waals surface area contributed by atoms with Crippen LogP contribution in [0.3, 0.4) is 0 Å². The summed E-state index contributed by atoms with van der Waals surface area (Å²) >= 11 is 3.42. The topological polar surface area (TPSA) is 72.5 Å². The van der Waals surface area contributed by atoms with E-state index < -0.39 is 16.0 Å². The Kier molecular flexibility index (Phi) is 7.16. The summed E-state index contributed by atoms with van der Waals surface area (Å²) in [4.78, 5) is 11.5. The smallest absolute Gasteiger partial charge is 0.337 e. The van der Waals surface area contributed by atoms with Crippen LogP contribution < -0.4 is 4.72 Å². The molecule has 0 amide bonds. The Hall–Kier alpha value is -1.70. The lowest BCUT2D eigenvalue weighted by Gasteiger charge is -2.08. The zero-order valence-electron chi connectivity index (χ0n) is 13.9. The first-order valence-corrected chi connectivity index (χ1v) is 10.2. The number of hydrogen-bond acceptors (Lipinski definition) is 4. The van der Waals surface area contributed by atoms with Gasteiger partial charge in [0, 0.05) is 11.0 Å². The largest absolute Gasteiger partial charge is 0.465 e. The molecular formula is C18H20BrNO4S. The maximum absolute atomic E-state index is 12.2. The Morgan fingerprint density at radius 1 is 1.12 bits per heavy atom. The van der Waals surface area contributed by atoms with Crippen LogP contribution in [0, 0.1) is 0 Å². The van der Waals surface area contributed by atoms with E-state index in [1.807, 2.05) is 24.3 Å². The normalized spacial score (nSPS) is 11.3. The van der Waals surface area contributed by atoms with Crippen LogP contribution in [0.1, 0.15) is 27.9 Å². The van der Waals surface area contributed by atoms with Gasteiger partial charge in [0.15, 0.2) is 0 Å². The van der Waals surface area contributed by atoms with Crippen molar-refractivity contribution in [3.8, 4) is 0 Å². The molecule has 0 unspecified atom stereocenters. The molecule has 0 aliphatic carbocycles. The van der Waals surface area contributed by atoms with Gasteiger partial charge in [0.25, 0.3) is 0 Å². The van der Waals surface area contributed by atoms with Crippen molar-refractivity contribution in [1.29, 1.82) is 0 Å². The number of nitrogens with one attached hydrogen (secondary N) is 1. The second-order valence-corrected chi connectivity index (χ2v) is 8.30. The average molecular weight is 426 g/mol. The third-order valence-electron chi connectivity index (χ3n) is 3.56. The number of esters is 1. The molecule has 0 radical (unpaired) electrons. The predicted octanol–water partition coefficient (Wildman–Crippen LogP) is 3.29. The third-order valence-corrected chi connectivity index (χ3v) is 5.41. The highest BCUT2D eigenvalue weighted by atomic mass is 79.9. The fourth-order valence-electron chi connectivity index (χ4n) is 2.39. The summed E-state index contributed by atoms with van der Waals surface area (Å²) in [7, 11) is -2.17. The molecular weight excluding hydrogens is 406 g/mol. The lowest BCUT2D eigenvalue weighted by Crippen LogP contribution is -2.26. The number of methoxy groups -OCH3 is 1. The summed E-state index contributed by atoms with van der Waals surface area (Å²) < 4.78 is 32.6. The molecule has 0 heterocycles. The van der Waals surface area contributed by atoms with Crippen LogP contribution in [0.15, 0.2) is 53.0 Å². The molecule has 0 bridgehead atoms. The highest BCUT2D eigenvalue weighted by Crippen LogP contribution is 2.13. The molecule has 0 aliphatic rings. The number of carbonyl (C=O) groups excluding carboxylic acids is 1. The standard InChI is InChI=1S/C18H20BrNO4S/c1-24-18(21)16-8-2-6-15(11-16)13-25(22,23)20-10-4-7-14-5-3-9-17(19)12-14/h2-3,5-6,8-9,11-12,20H,4,7,10,13H2,1H3. The van der Waals surface area contributed by atoms with Crippen LogP contribution in [0.5, 0.6) is 0 Å². The summed E-state index contributed by atoms with van der Waals surface area (Å²) in [5, 5.41) is 0. The van der Waals surface area contributed by atoms with Crippen molar-refractivity contribution in [3.63, 3.8) is 0 Å². The number of benzene rings is 2. The van der Waals surface area contributed by atoms with Gasteiger partial charge in [0.2, 0.25) is 10.0 Å². The van der Waals surface area contributed by atoms with Crippen molar-refractivity contribution >= 4 is 31.9 Å². The van der Waals surface area contributed by atoms with Crippen molar-refractivity contribution in [2.45, 2.75) is 18.6 Å². The van der Waals surface area contributed by atoms with Crippen LogP contribution >= 0.6 is 15.9 Å². The fraction of sp³-hybridized carbons (Fsp3) is 0.278. The molecule has 0 aromatic heterocycles. The fourth-order valence-corrected chi connectivity index (χ4v) is 4.01. The maximum atomic E-state index is 12.2. The lowest BCUT2D eigenvalue weighted by atomic mass is 10.1. The number of halogens is 1. The van der Waals surface area contributed by atoms with Crippen LogP contribution in [0.25, 0.3) is 0 Å². The maximum Gasteiger partial charge on any atom is 0.337 e. The van der Waals surface area contributed by atoms with Crippen molar-refractivity contribution < 1.29 is 17.9 Å². The van der Waals surface area contributed by atoms with E-state index in [9.17, 15) is 13.2 Å². The minimum Gasteiger partial charge on any atom is -0.465 e. The Morgan fingerprint density at radius 2 is 1.84 bits per heavy atom. The Bertz CT molecular complexity index is 836. The number of rotatable bonds is 8. The van der Waals surface area contributed by atoms with Gasteiger partial charge in [-0.2, -0.15) is 0 Å². The van der Waals surface area contributed by atoms with E-state index in [1.165, 1.54) is 13.2 Å². The molecule has 0 saturated heterocycles. The molecule has 0 atom stereocenters. The second-order valence-electron chi connectivity index (χ2n) is 5.58.